The zero-order chi connectivity index (χ0) is 22.3. The fourth-order valence-corrected chi connectivity index (χ4v) is 4.03. The van der Waals surface area contributed by atoms with E-state index in [2.05, 4.69) is 39.2 Å². The molecule has 3 aromatic rings. The predicted octanol–water partition coefficient (Wildman–Crippen LogP) is 5.48. The van der Waals surface area contributed by atoms with E-state index in [0.29, 0.717) is 12.5 Å². The van der Waals surface area contributed by atoms with Crippen LogP contribution in [0.4, 0.5) is 16.0 Å². The number of carbonyl (C=O) groups excluding carboxylic acids is 1. The van der Waals surface area contributed by atoms with Gasteiger partial charge in [0.2, 0.25) is 11.9 Å². The summed E-state index contributed by atoms with van der Waals surface area (Å²) in [5.41, 5.74) is 3.85. The van der Waals surface area contributed by atoms with Gasteiger partial charge in [0.05, 0.1) is 5.92 Å². The van der Waals surface area contributed by atoms with Gasteiger partial charge in [-0.25, -0.2) is 14.4 Å². The fraction of sp³-hybridized carbons (Fsp3) is 0.346. The van der Waals surface area contributed by atoms with Gasteiger partial charge < -0.3 is 10.2 Å². The number of halogens is 1. The van der Waals surface area contributed by atoms with Crippen molar-refractivity contribution in [2.45, 2.75) is 39.0 Å². The van der Waals surface area contributed by atoms with Crippen molar-refractivity contribution >= 4 is 17.5 Å². The lowest BCUT2D eigenvalue weighted by Gasteiger charge is -2.32. The van der Waals surface area contributed by atoms with Gasteiger partial charge >= 0.3 is 0 Å². The second-order valence-electron chi connectivity index (χ2n) is 8.35. The summed E-state index contributed by atoms with van der Waals surface area (Å²) < 4.78 is 13.1. The number of aryl methyl sites for hydroxylation is 1. The summed E-state index contributed by atoms with van der Waals surface area (Å²) in [4.78, 5) is 23.9. The van der Waals surface area contributed by atoms with Crippen LogP contribution in [0.15, 0.2) is 60.9 Å². The number of hydrogen-bond donors (Lipinski definition) is 1. The zero-order valence-corrected chi connectivity index (χ0v) is 18.4. The largest absolute Gasteiger partial charge is 0.340 e. The first kappa shape index (κ1) is 21.9. The minimum absolute atomic E-state index is 0.0407. The van der Waals surface area contributed by atoms with E-state index in [9.17, 15) is 9.18 Å². The Morgan fingerprint density at radius 1 is 1.06 bits per heavy atom. The highest BCUT2D eigenvalue weighted by Crippen LogP contribution is 2.24. The third kappa shape index (κ3) is 5.49. The van der Waals surface area contributed by atoms with E-state index in [-0.39, 0.29) is 17.6 Å². The number of aromatic nitrogens is 2. The number of anilines is 2. The van der Waals surface area contributed by atoms with Crippen molar-refractivity contribution in [3.63, 3.8) is 0 Å². The van der Waals surface area contributed by atoms with Crippen LogP contribution < -0.4 is 10.2 Å². The topological polar surface area (TPSA) is 58.1 Å². The Hall–Kier alpha value is -3.28. The monoisotopic (exact) mass is 432 g/mol. The van der Waals surface area contributed by atoms with Crippen molar-refractivity contribution in [2.75, 3.05) is 23.3 Å². The Morgan fingerprint density at radius 3 is 2.47 bits per heavy atom. The van der Waals surface area contributed by atoms with Crippen molar-refractivity contribution in [3.8, 4) is 11.1 Å². The lowest BCUT2D eigenvalue weighted by molar-refractivity contribution is -0.120. The first-order chi connectivity index (χ1) is 15.6. The van der Waals surface area contributed by atoms with Gasteiger partial charge in [-0.05, 0) is 61.1 Å². The van der Waals surface area contributed by atoms with Gasteiger partial charge in [0.15, 0.2) is 0 Å². The normalized spacial score (nSPS) is 16.1. The molecule has 1 atom stereocenters. The average Bonchev–Trinajstić information content (AvgIpc) is 2.84. The van der Waals surface area contributed by atoms with E-state index >= 15 is 0 Å². The summed E-state index contributed by atoms with van der Waals surface area (Å²) in [6.45, 7) is 3.61. The molecule has 1 aliphatic rings. The van der Waals surface area contributed by atoms with Gasteiger partial charge in [0.1, 0.15) is 5.82 Å². The molecule has 6 heteroatoms. The lowest BCUT2D eigenvalue weighted by atomic mass is 9.97. The van der Waals surface area contributed by atoms with Crippen LogP contribution in [-0.4, -0.2) is 29.0 Å². The molecule has 1 aromatic heterocycles. The van der Waals surface area contributed by atoms with Crippen LogP contribution >= 0.6 is 0 Å². The highest BCUT2D eigenvalue weighted by atomic mass is 19.1. The standard InChI is InChI=1S/C26H29FN4O/c1-2-3-5-19-7-13-24(14-8-19)30-25(32)21-6-4-15-31(18-21)26-28-16-22(17-29-26)20-9-11-23(27)12-10-20/h7-14,16-17,21H,2-6,15,18H2,1H3,(H,30,32)/t21-/m1/s1. The number of nitrogens with zero attached hydrogens (tertiary/aromatic N) is 3. The summed E-state index contributed by atoms with van der Waals surface area (Å²) in [6, 6.07) is 14.4. The molecule has 2 aromatic carbocycles. The molecule has 1 amide bonds. The molecule has 0 saturated carbocycles. The third-order valence-electron chi connectivity index (χ3n) is 5.93. The van der Waals surface area contributed by atoms with Gasteiger partial charge in [0.25, 0.3) is 0 Å². The van der Waals surface area contributed by atoms with E-state index in [1.807, 2.05) is 12.1 Å². The molecular formula is C26H29FN4O. The van der Waals surface area contributed by atoms with Crippen LogP contribution in [0.5, 0.6) is 0 Å². The summed E-state index contributed by atoms with van der Waals surface area (Å²) in [5, 5.41) is 3.07. The maximum Gasteiger partial charge on any atom is 0.229 e. The molecule has 0 radical (unpaired) electrons. The first-order valence-corrected chi connectivity index (χ1v) is 11.3. The van der Waals surface area contributed by atoms with Gasteiger partial charge in [0, 0.05) is 36.7 Å². The molecule has 0 bridgehead atoms. The molecule has 32 heavy (non-hydrogen) atoms. The molecule has 1 N–H and O–H groups in total. The zero-order valence-electron chi connectivity index (χ0n) is 18.4. The molecular weight excluding hydrogens is 403 g/mol. The van der Waals surface area contributed by atoms with Crippen LogP contribution in [0.3, 0.4) is 0 Å². The van der Waals surface area contributed by atoms with Crippen molar-refractivity contribution in [2.24, 2.45) is 5.92 Å². The van der Waals surface area contributed by atoms with Crippen LogP contribution in [-0.2, 0) is 11.2 Å². The van der Waals surface area contributed by atoms with Gasteiger partial charge in [-0.2, -0.15) is 0 Å². The smallest absolute Gasteiger partial charge is 0.229 e. The third-order valence-corrected chi connectivity index (χ3v) is 5.93. The minimum Gasteiger partial charge on any atom is -0.340 e. The molecule has 166 valence electrons. The first-order valence-electron chi connectivity index (χ1n) is 11.3. The van der Waals surface area contributed by atoms with Crippen LogP contribution in [0, 0.1) is 11.7 Å². The molecule has 0 spiro atoms. The lowest BCUT2D eigenvalue weighted by Crippen LogP contribution is -2.41. The molecule has 5 nitrogen and oxygen atoms in total. The van der Waals surface area contributed by atoms with E-state index in [4.69, 9.17) is 0 Å². The highest BCUT2D eigenvalue weighted by molar-refractivity contribution is 5.93. The molecule has 0 unspecified atom stereocenters. The number of unbranched alkanes of at least 4 members (excludes halogenated alkanes) is 1. The molecule has 1 saturated heterocycles. The van der Waals surface area contributed by atoms with Crippen LogP contribution in [0.25, 0.3) is 11.1 Å². The molecule has 2 heterocycles. The Bertz CT molecular complexity index is 1020. The van der Waals surface area contributed by atoms with E-state index in [1.165, 1.54) is 30.5 Å². The number of carbonyl (C=O) groups is 1. The van der Waals surface area contributed by atoms with Crippen molar-refractivity contribution < 1.29 is 9.18 Å². The number of hydrogen-bond acceptors (Lipinski definition) is 4. The fourth-order valence-electron chi connectivity index (χ4n) is 4.03. The van der Waals surface area contributed by atoms with E-state index in [0.717, 1.165) is 42.6 Å². The Labute approximate surface area is 188 Å². The summed E-state index contributed by atoms with van der Waals surface area (Å²) in [6.07, 6.45) is 8.69. The number of piperidine rings is 1. The van der Waals surface area contributed by atoms with Crippen molar-refractivity contribution in [1.82, 2.24) is 9.97 Å². The maximum absolute atomic E-state index is 13.1. The minimum atomic E-state index is -0.267. The highest BCUT2D eigenvalue weighted by Gasteiger charge is 2.27. The molecule has 1 fully saturated rings. The molecule has 0 aliphatic carbocycles. The Morgan fingerprint density at radius 2 is 1.78 bits per heavy atom. The van der Waals surface area contributed by atoms with Gasteiger partial charge in [-0.3, -0.25) is 4.79 Å². The number of benzene rings is 2. The van der Waals surface area contributed by atoms with Crippen LogP contribution in [0.1, 0.15) is 38.2 Å². The van der Waals surface area contributed by atoms with Crippen LogP contribution in [0.2, 0.25) is 0 Å². The second kappa shape index (κ2) is 10.4. The summed E-state index contributed by atoms with van der Waals surface area (Å²) >= 11 is 0. The SMILES string of the molecule is CCCCc1ccc(NC(=O)[C@@H]2CCCN(c3ncc(-c4ccc(F)cc4)cn3)C2)cc1. The Kier molecular flexibility index (Phi) is 7.10. The predicted molar refractivity (Wildman–Crippen MR) is 126 cm³/mol. The summed E-state index contributed by atoms with van der Waals surface area (Å²) in [5.74, 6) is 0.285. The quantitative estimate of drug-likeness (QED) is 0.537. The molecule has 4 rings (SSSR count). The van der Waals surface area contributed by atoms with Crippen molar-refractivity contribution in [3.05, 3.63) is 72.3 Å². The van der Waals surface area contributed by atoms with Gasteiger partial charge in [-0.15, -0.1) is 0 Å². The number of amides is 1. The molecule has 1 aliphatic heterocycles. The average molecular weight is 433 g/mol. The Balaban J connectivity index is 1.36. The number of rotatable bonds is 7. The van der Waals surface area contributed by atoms with Crippen molar-refractivity contribution in [1.29, 1.82) is 0 Å². The van der Waals surface area contributed by atoms with Gasteiger partial charge in [-0.1, -0.05) is 37.6 Å². The van der Waals surface area contributed by atoms with E-state index in [1.54, 1.807) is 24.5 Å². The number of nitrogens with one attached hydrogen (secondary N) is 1. The summed E-state index contributed by atoms with van der Waals surface area (Å²) in [7, 11) is 0. The van der Waals surface area contributed by atoms with E-state index < -0.39 is 0 Å². The second-order valence-corrected chi connectivity index (χ2v) is 8.35. The maximum atomic E-state index is 13.1.